The van der Waals surface area contributed by atoms with Crippen LogP contribution in [0.5, 0.6) is 17.2 Å². The first-order valence-electron chi connectivity index (χ1n) is 10.4. The van der Waals surface area contributed by atoms with Crippen LogP contribution in [-0.4, -0.2) is 49.5 Å². The van der Waals surface area contributed by atoms with Crippen LogP contribution in [0.25, 0.3) is 6.08 Å². The zero-order chi connectivity index (χ0) is 22.0. The number of carbonyl (C=O) groups excluding carboxylic acids is 2. The molecule has 0 N–H and O–H groups in total. The average Bonchev–Trinajstić information content (AvgIpc) is 2.78. The normalized spacial score (nSPS) is 17.4. The SMILES string of the molecule is COc1cc(OC)c2c(c1)OC1(CCN(C(=O)/C=C/c3ccc(C)cc3)CC1)CC2=O. The molecule has 2 heterocycles. The Bertz CT molecular complexity index is 1020. The Balaban J connectivity index is 1.45. The molecule has 6 heteroatoms. The molecule has 0 unspecified atom stereocenters. The van der Waals surface area contributed by atoms with Crippen molar-refractivity contribution >= 4 is 17.8 Å². The number of Topliss-reactive ketones (excluding diaryl/α,β-unsaturated/α-hetero) is 1. The van der Waals surface area contributed by atoms with Crippen molar-refractivity contribution in [2.75, 3.05) is 27.3 Å². The highest BCUT2D eigenvalue weighted by molar-refractivity contribution is 6.03. The van der Waals surface area contributed by atoms with Crippen molar-refractivity contribution in [3.8, 4) is 17.2 Å². The minimum atomic E-state index is -0.598. The smallest absolute Gasteiger partial charge is 0.246 e. The molecule has 2 aromatic carbocycles. The van der Waals surface area contributed by atoms with Crippen LogP contribution in [0.4, 0.5) is 0 Å². The van der Waals surface area contributed by atoms with Gasteiger partial charge in [0.05, 0.1) is 20.6 Å². The first-order valence-corrected chi connectivity index (χ1v) is 10.4. The van der Waals surface area contributed by atoms with E-state index in [1.165, 1.54) is 12.7 Å². The highest BCUT2D eigenvalue weighted by Crippen LogP contribution is 2.44. The zero-order valence-corrected chi connectivity index (χ0v) is 18.1. The van der Waals surface area contributed by atoms with Crippen molar-refractivity contribution in [3.63, 3.8) is 0 Å². The molecule has 0 saturated carbocycles. The molecule has 1 spiro atoms. The molecule has 2 aliphatic rings. The number of ketones is 1. The van der Waals surface area contributed by atoms with Gasteiger partial charge in [-0.05, 0) is 18.6 Å². The summed E-state index contributed by atoms with van der Waals surface area (Å²) >= 11 is 0. The molecule has 4 rings (SSSR count). The van der Waals surface area contributed by atoms with E-state index in [2.05, 4.69) is 0 Å². The van der Waals surface area contributed by atoms with Crippen LogP contribution < -0.4 is 14.2 Å². The van der Waals surface area contributed by atoms with E-state index in [9.17, 15) is 9.59 Å². The lowest BCUT2D eigenvalue weighted by atomic mass is 9.82. The number of ether oxygens (including phenoxy) is 3. The number of rotatable bonds is 4. The first kappa shape index (κ1) is 21.0. The summed E-state index contributed by atoms with van der Waals surface area (Å²) in [6, 6.07) is 11.5. The molecule has 1 saturated heterocycles. The summed E-state index contributed by atoms with van der Waals surface area (Å²) in [5.74, 6) is 1.50. The van der Waals surface area contributed by atoms with Gasteiger partial charge in [0.15, 0.2) is 5.78 Å². The van der Waals surface area contributed by atoms with Gasteiger partial charge in [-0.15, -0.1) is 0 Å². The van der Waals surface area contributed by atoms with Gasteiger partial charge in [-0.25, -0.2) is 0 Å². The van der Waals surface area contributed by atoms with Gasteiger partial charge in [0.25, 0.3) is 0 Å². The van der Waals surface area contributed by atoms with Crippen LogP contribution in [0.1, 0.15) is 40.7 Å². The summed E-state index contributed by atoms with van der Waals surface area (Å²) in [4.78, 5) is 27.4. The monoisotopic (exact) mass is 421 g/mol. The number of benzene rings is 2. The van der Waals surface area contributed by atoms with Crippen LogP contribution in [0.2, 0.25) is 0 Å². The lowest BCUT2D eigenvalue weighted by molar-refractivity contribution is -0.129. The summed E-state index contributed by atoms with van der Waals surface area (Å²) in [6.45, 7) is 3.12. The Morgan fingerprint density at radius 1 is 1.10 bits per heavy atom. The number of amides is 1. The standard InChI is InChI=1S/C25H27NO5/c1-17-4-6-18(7-5-17)8-9-23(28)26-12-10-25(11-13-26)16-20(27)24-21(30-3)14-19(29-2)15-22(24)31-25/h4-9,14-15H,10-13,16H2,1-3H3/b9-8+. The maximum Gasteiger partial charge on any atom is 0.246 e. The summed E-state index contributed by atoms with van der Waals surface area (Å²) in [5.41, 5.74) is 2.05. The molecule has 31 heavy (non-hydrogen) atoms. The van der Waals surface area contributed by atoms with Crippen molar-refractivity contribution in [1.29, 1.82) is 0 Å². The first-order chi connectivity index (χ1) is 14.9. The molecular weight excluding hydrogens is 394 g/mol. The Labute approximate surface area is 182 Å². The molecule has 0 bridgehead atoms. The number of methoxy groups -OCH3 is 2. The molecule has 1 amide bonds. The molecular formula is C25H27NO5. The van der Waals surface area contributed by atoms with Crippen LogP contribution in [0, 0.1) is 6.92 Å². The highest BCUT2D eigenvalue weighted by atomic mass is 16.5. The highest BCUT2D eigenvalue weighted by Gasteiger charge is 2.44. The van der Waals surface area contributed by atoms with Crippen molar-refractivity contribution in [2.45, 2.75) is 31.8 Å². The summed E-state index contributed by atoms with van der Waals surface area (Å²) in [6.07, 6.45) is 4.93. The number of hydrogen-bond donors (Lipinski definition) is 0. The Hall–Kier alpha value is -3.28. The van der Waals surface area contributed by atoms with E-state index in [0.29, 0.717) is 48.7 Å². The van der Waals surface area contributed by atoms with E-state index in [1.807, 2.05) is 42.2 Å². The maximum atomic E-state index is 12.9. The fourth-order valence-electron chi connectivity index (χ4n) is 4.21. The molecule has 6 nitrogen and oxygen atoms in total. The molecule has 0 atom stereocenters. The molecule has 0 radical (unpaired) electrons. The van der Waals surface area contributed by atoms with Gasteiger partial charge < -0.3 is 19.1 Å². The Morgan fingerprint density at radius 3 is 2.45 bits per heavy atom. The van der Waals surface area contributed by atoms with Crippen molar-refractivity contribution in [3.05, 3.63) is 59.2 Å². The number of carbonyl (C=O) groups is 2. The Kier molecular flexibility index (Phi) is 5.72. The summed E-state index contributed by atoms with van der Waals surface area (Å²) < 4.78 is 17.0. The van der Waals surface area contributed by atoms with Crippen LogP contribution in [-0.2, 0) is 4.79 Å². The van der Waals surface area contributed by atoms with Gasteiger partial charge in [-0.3, -0.25) is 9.59 Å². The second-order valence-electron chi connectivity index (χ2n) is 8.16. The van der Waals surface area contributed by atoms with Crippen LogP contribution >= 0.6 is 0 Å². The van der Waals surface area contributed by atoms with Gasteiger partial charge in [0.2, 0.25) is 5.91 Å². The molecule has 0 aliphatic carbocycles. The lowest BCUT2D eigenvalue weighted by Gasteiger charge is -2.44. The quantitative estimate of drug-likeness (QED) is 0.697. The number of aryl methyl sites for hydroxylation is 1. The Morgan fingerprint density at radius 2 is 1.81 bits per heavy atom. The third-order valence-electron chi connectivity index (χ3n) is 6.07. The fourth-order valence-corrected chi connectivity index (χ4v) is 4.21. The van der Waals surface area contributed by atoms with Gasteiger partial charge >= 0.3 is 0 Å². The summed E-state index contributed by atoms with van der Waals surface area (Å²) in [5, 5.41) is 0. The largest absolute Gasteiger partial charge is 0.496 e. The van der Waals surface area contributed by atoms with Crippen molar-refractivity contribution in [1.82, 2.24) is 4.90 Å². The lowest BCUT2D eigenvalue weighted by Crippen LogP contribution is -2.52. The van der Waals surface area contributed by atoms with Crippen molar-refractivity contribution in [2.24, 2.45) is 0 Å². The molecule has 1 fully saturated rings. The number of likely N-dealkylation sites (tertiary alicyclic amines) is 1. The minimum Gasteiger partial charge on any atom is -0.496 e. The van der Waals surface area contributed by atoms with Crippen LogP contribution in [0.3, 0.4) is 0 Å². The topological polar surface area (TPSA) is 65.1 Å². The van der Waals surface area contributed by atoms with Gasteiger partial charge in [0.1, 0.15) is 28.4 Å². The van der Waals surface area contributed by atoms with Gasteiger partial charge in [-0.1, -0.05) is 29.8 Å². The average molecular weight is 421 g/mol. The number of fused-ring (bicyclic) bond motifs is 1. The molecule has 2 aromatic rings. The number of piperidine rings is 1. The minimum absolute atomic E-state index is 0.000188. The molecule has 0 aromatic heterocycles. The van der Waals surface area contributed by atoms with E-state index < -0.39 is 5.60 Å². The molecule has 162 valence electrons. The van der Waals surface area contributed by atoms with E-state index in [-0.39, 0.29) is 18.1 Å². The summed E-state index contributed by atoms with van der Waals surface area (Å²) in [7, 11) is 3.09. The van der Waals surface area contributed by atoms with E-state index in [0.717, 1.165) is 5.56 Å². The third kappa shape index (κ3) is 4.29. The predicted octanol–water partition coefficient (Wildman–Crippen LogP) is 4.05. The van der Waals surface area contributed by atoms with Gasteiger partial charge in [-0.2, -0.15) is 0 Å². The second-order valence-corrected chi connectivity index (χ2v) is 8.16. The fraction of sp³-hybridized carbons (Fsp3) is 0.360. The second kappa shape index (κ2) is 8.46. The van der Waals surface area contributed by atoms with E-state index >= 15 is 0 Å². The van der Waals surface area contributed by atoms with Crippen molar-refractivity contribution < 1.29 is 23.8 Å². The molecule has 2 aliphatic heterocycles. The van der Waals surface area contributed by atoms with Crippen LogP contribution in [0.15, 0.2) is 42.5 Å². The predicted molar refractivity (Wildman–Crippen MR) is 118 cm³/mol. The zero-order valence-electron chi connectivity index (χ0n) is 18.1. The number of nitrogens with zero attached hydrogens (tertiary/aromatic N) is 1. The van der Waals surface area contributed by atoms with Gasteiger partial charge in [0, 0.05) is 44.1 Å². The maximum absolute atomic E-state index is 12.9. The number of hydrogen-bond acceptors (Lipinski definition) is 5. The third-order valence-corrected chi connectivity index (χ3v) is 6.07. The van der Waals surface area contributed by atoms with E-state index in [1.54, 1.807) is 25.3 Å². The van der Waals surface area contributed by atoms with E-state index in [4.69, 9.17) is 14.2 Å².